The van der Waals surface area contributed by atoms with Gasteiger partial charge >= 0.3 is 0 Å². The molecule has 0 saturated heterocycles. The molecule has 0 spiro atoms. The molecule has 0 aliphatic rings. The summed E-state index contributed by atoms with van der Waals surface area (Å²) in [5.41, 5.74) is 23.7. The van der Waals surface area contributed by atoms with Gasteiger partial charge in [0.1, 0.15) is 11.2 Å². The third-order valence-electron chi connectivity index (χ3n) is 13.9. The largest absolute Gasteiger partial charge is 0.456 e. The lowest BCUT2D eigenvalue weighted by molar-refractivity contribution is 0.669. The van der Waals surface area contributed by atoms with Crippen LogP contribution >= 0.6 is 0 Å². The predicted molar refractivity (Wildman–Crippen MR) is 301 cm³/mol. The molecule has 0 N–H and O–H groups in total. The van der Waals surface area contributed by atoms with E-state index in [1.54, 1.807) is 0 Å². The average Bonchev–Trinajstić information content (AvgIpc) is 3.85. The van der Waals surface area contributed by atoms with Crippen LogP contribution in [0.4, 0.5) is 0 Å². The van der Waals surface area contributed by atoms with Crippen LogP contribution in [0.5, 0.6) is 0 Å². The van der Waals surface area contributed by atoms with Crippen molar-refractivity contribution >= 4 is 21.9 Å². The van der Waals surface area contributed by atoms with Gasteiger partial charge in [-0.2, -0.15) is 0 Å². The van der Waals surface area contributed by atoms with Crippen molar-refractivity contribution in [2.75, 3.05) is 0 Å². The van der Waals surface area contributed by atoms with Crippen molar-refractivity contribution in [3.63, 3.8) is 0 Å². The number of rotatable bonds is 10. The van der Waals surface area contributed by atoms with Crippen LogP contribution in [-0.4, -0.2) is 15.0 Å². The van der Waals surface area contributed by atoms with Crippen LogP contribution in [-0.2, 0) is 0 Å². The molecule has 0 unspecified atom stereocenters. The van der Waals surface area contributed by atoms with Gasteiger partial charge in [0.15, 0.2) is 0 Å². The fourth-order valence-corrected chi connectivity index (χ4v) is 10.2. The summed E-state index contributed by atoms with van der Waals surface area (Å²) in [6.45, 7) is 0. The van der Waals surface area contributed by atoms with E-state index in [2.05, 4.69) is 223 Å². The molecule has 0 amide bonds. The first-order valence-corrected chi connectivity index (χ1v) is 24.6. The molecule has 4 heterocycles. The first-order chi connectivity index (χ1) is 36.1. The first-order valence-electron chi connectivity index (χ1n) is 24.6. The quantitative estimate of drug-likeness (QED) is 0.137. The summed E-state index contributed by atoms with van der Waals surface area (Å²) < 4.78 is 6.37. The lowest BCUT2D eigenvalue weighted by Crippen LogP contribution is -1.90. The van der Waals surface area contributed by atoms with Crippen molar-refractivity contribution in [3.8, 4) is 112 Å². The molecule has 4 aromatic heterocycles. The molecule has 0 bridgehead atoms. The number of nitrogens with zero attached hydrogens (tertiary/aromatic N) is 3. The molecule has 4 heteroatoms. The number of aromatic nitrogens is 3. The summed E-state index contributed by atoms with van der Waals surface area (Å²) in [5.74, 6) is 0. The third kappa shape index (κ3) is 8.58. The van der Waals surface area contributed by atoms with Crippen molar-refractivity contribution in [2.24, 2.45) is 0 Å². The van der Waals surface area contributed by atoms with Gasteiger partial charge in [0.05, 0.1) is 17.1 Å². The molecule has 13 rings (SSSR count). The molecular weight excluding hydrogens is 887 g/mol. The number of pyridine rings is 3. The van der Waals surface area contributed by atoms with E-state index in [0.29, 0.717) is 0 Å². The van der Waals surface area contributed by atoms with Gasteiger partial charge < -0.3 is 4.42 Å². The van der Waals surface area contributed by atoms with Gasteiger partial charge in [0.25, 0.3) is 0 Å². The van der Waals surface area contributed by atoms with Gasteiger partial charge in [-0.1, -0.05) is 176 Å². The topological polar surface area (TPSA) is 51.8 Å². The Morgan fingerprint density at radius 2 is 0.685 bits per heavy atom. The molecular formula is C69H45N3O. The normalized spacial score (nSPS) is 11.3. The van der Waals surface area contributed by atoms with Gasteiger partial charge in [-0.15, -0.1) is 0 Å². The lowest BCUT2D eigenvalue weighted by atomic mass is 9.90. The van der Waals surface area contributed by atoms with Crippen LogP contribution in [0.1, 0.15) is 0 Å². The molecule has 0 saturated carbocycles. The standard InChI is InChI=1S/C69H45N3O/c1-2-14-46(15-3-1)66-33-30-58(45-72-66)50-19-10-16-47(38-50)48-17-11-20-52(39-48)60-25-6-7-27-62(60)55-35-37-71-67(43-55)56-23-13-22-54(41-56)61-26-5-4-24-59(61)53-21-12-18-49(40-53)51-31-34-68-64(42-51)63-32-29-57(44-69(63)73-68)65-28-8-9-36-70-65/h1-45H. The second-order valence-corrected chi connectivity index (χ2v) is 18.4. The van der Waals surface area contributed by atoms with Crippen molar-refractivity contribution in [1.82, 2.24) is 15.0 Å². The molecule has 0 fully saturated rings. The van der Waals surface area contributed by atoms with Gasteiger partial charge in [-0.3, -0.25) is 15.0 Å². The zero-order chi connectivity index (χ0) is 48.5. The lowest BCUT2D eigenvalue weighted by Gasteiger charge is -2.14. The number of furan rings is 1. The number of benzene rings is 9. The van der Waals surface area contributed by atoms with Gasteiger partial charge in [-0.05, 0) is 151 Å². The second-order valence-electron chi connectivity index (χ2n) is 18.4. The number of hydrogen-bond acceptors (Lipinski definition) is 4. The van der Waals surface area contributed by atoms with Crippen molar-refractivity contribution in [1.29, 1.82) is 0 Å². The van der Waals surface area contributed by atoms with Crippen LogP contribution in [0.25, 0.3) is 134 Å². The fourth-order valence-electron chi connectivity index (χ4n) is 10.2. The summed E-state index contributed by atoms with van der Waals surface area (Å²) in [7, 11) is 0. The SMILES string of the molecule is c1ccc(-c2ccc(-c3cccc(-c4cccc(-c5ccccc5-c5ccnc(-c6cccc(-c7ccccc7-c7cccc(-c8ccc9oc%10cc(-c%11ccccn%11)ccc%10c9c8)c7)c6)c5)c4)c3)cn2)cc1. The van der Waals surface area contributed by atoms with Crippen LogP contribution in [0, 0.1) is 0 Å². The maximum Gasteiger partial charge on any atom is 0.136 e. The molecule has 342 valence electrons. The van der Waals surface area contributed by atoms with Crippen LogP contribution in [0.3, 0.4) is 0 Å². The molecule has 73 heavy (non-hydrogen) atoms. The van der Waals surface area contributed by atoms with Crippen molar-refractivity contribution in [2.45, 2.75) is 0 Å². The first kappa shape index (κ1) is 43.3. The highest BCUT2D eigenvalue weighted by molar-refractivity contribution is 6.07. The van der Waals surface area contributed by atoms with E-state index in [-0.39, 0.29) is 0 Å². The summed E-state index contributed by atoms with van der Waals surface area (Å²) in [6.07, 6.45) is 5.72. The minimum atomic E-state index is 0.854. The van der Waals surface area contributed by atoms with Crippen LogP contribution in [0.15, 0.2) is 278 Å². The van der Waals surface area contributed by atoms with E-state index >= 15 is 0 Å². The molecule has 0 aliphatic carbocycles. The highest BCUT2D eigenvalue weighted by Gasteiger charge is 2.15. The van der Waals surface area contributed by atoms with Gasteiger partial charge in [0.2, 0.25) is 0 Å². The molecule has 0 radical (unpaired) electrons. The summed E-state index contributed by atoms with van der Waals surface area (Å²) >= 11 is 0. The molecule has 9 aromatic carbocycles. The maximum absolute atomic E-state index is 6.37. The maximum atomic E-state index is 6.37. The van der Waals surface area contributed by atoms with Gasteiger partial charge in [-0.25, -0.2) is 0 Å². The second kappa shape index (κ2) is 18.9. The zero-order valence-electron chi connectivity index (χ0n) is 39.7. The monoisotopic (exact) mass is 931 g/mol. The van der Waals surface area contributed by atoms with E-state index in [1.807, 2.05) is 55.0 Å². The van der Waals surface area contributed by atoms with E-state index in [9.17, 15) is 0 Å². The Morgan fingerprint density at radius 1 is 0.219 bits per heavy atom. The van der Waals surface area contributed by atoms with Crippen LogP contribution in [0.2, 0.25) is 0 Å². The van der Waals surface area contributed by atoms with Crippen molar-refractivity contribution in [3.05, 3.63) is 273 Å². The summed E-state index contributed by atoms with van der Waals surface area (Å²) in [5, 5.41) is 2.18. The van der Waals surface area contributed by atoms with Gasteiger partial charge in [0, 0.05) is 51.6 Å². The Bertz CT molecular complexity index is 4140. The van der Waals surface area contributed by atoms with E-state index in [1.165, 1.54) is 0 Å². The Balaban J connectivity index is 0.779. The Hall–Kier alpha value is -9.77. The highest BCUT2D eigenvalue weighted by Crippen LogP contribution is 2.40. The Morgan fingerprint density at radius 3 is 1.30 bits per heavy atom. The molecule has 4 nitrogen and oxygen atoms in total. The van der Waals surface area contributed by atoms with Crippen LogP contribution < -0.4 is 0 Å². The molecule has 0 atom stereocenters. The highest BCUT2D eigenvalue weighted by atomic mass is 16.3. The predicted octanol–water partition coefficient (Wildman–Crippen LogP) is 18.4. The molecule has 0 aliphatic heterocycles. The van der Waals surface area contributed by atoms with Crippen molar-refractivity contribution < 1.29 is 4.42 Å². The fraction of sp³-hybridized carbons (Fsp3) is 0. The minimum Gasteiger partial charge on any atom is -0.456 e. The minimum absolute atomic E-state index is 0.854. The molecule has 13 aromatic rings. The third-order valence-corrected chi connectivity index (χ3v) is 13.9. The Labute approximate surface area is 424 Å². The smallest absolute Gasteiger partial charge is 0.136 e. The Kier molecular flexibility index (Phi) is 11.2. The zero-order valence-corrected chi connectivity index (χ0v) is 39.7. The summed E-state index contributed by atoms with van der Waals surface area (Å²) in [6, 6.07) is 90.2. The van der Waals surface area contributed by atoms with E-state index in [4.69, 9.17) is 14.4 Å². The number of fused-ring (bicyclic) bond motifs is 3. The van der Waals surface area contributed by atoms with E-state index in [0.717, 1.165) is 134 Å². The summed E-state index contributed by atoms with van der Waals surface area (Å²) in [4.78, 5) is 14.3. The van der Waals surface area contributed by atoms with E-state index < -0.39 is 0 Å². The number of hydrogen-bond donors (Lipinski definition) is 0. The average molecular weight is 932 g/mol.